The van der Waals surface area contributed by atoms with Crippen LogP contribution in [0.1, 0.15) is 11.9 Å². The molecule has 0 aliphatic carbocycles. The molecule has 7 nitrogen and oxygen atoms in total. The van der Waals surface area contributed by atoms with Crippen LogP contribution < -0.4 is 0 Å². The van der Waals surface area contributed by atoms with Gasteiger partial charge in [-0.15, -0.1) is 0 Å². The summed E-state index contributed by atoms with van der Waals surface area (Å²) < 4.78 is 0. The number of aliphatic hydroxyl groups is 5. The van der Waals surface area contributed by atoms with Crippen molar-refractivity contribution in [2.24, 2.45) is 0 Å². The molecule has 0 spiro atoms. The van der Waals surface area contributed by atoms with E-state index in [0.717, 1.165) is 0 Å². The van der Waals surface area contributed by atoms with Gasteiger partial charge in [0.15, 0.2) is 0 Å². The normalized spacial score (nSPS) is 17.9. The number of fused-ring (bicyclic) bond motifs is 1. The Kier molecular flexibility index (Phi) is 4.59. The number of imidazole rings is 1. The Balaban J connectivity index is 2.24. The second kappa shape index (κ2) is 6.04. The predicted octanol–water partition coefficient (Wildman–Crippen LogP) is -0.675. The van der Waals surface area contributed by atoms with Gasteiger partial charge >= 0.3 is 0 Å². The SMILES string of the molecule is OC[C@@H](O)[C@@H](O)[C@@H](O)[C@H](O)c1nc2ccc(Cl)cc2[nH]1. The Morgan fingerprint density at radius 3 is 2.50 bits per heavy atom. The average molecular weight is 303 g/mol. The maximum Gasteiger partial charge on any atom is 0.140 e. The van der Waals surface area contributed by atoms with Crippen molar-refractivity contribution in [2.75, 3.05) is 6.61 Å². The minimum absolute atomic E-state index is 0.0268. The first-order chi connectivity index (χ1) is 9.43. The second-order valence-corrected chi connectivity index (χ2v) is 4.90. The van der Waals surface area contributed by atoms with Gasteiger partial charge in [0, 0.05) is 5.02 Å². The molecule has 0 aliphatic heterocycles. The molecule has 20 heavy (non-hydrogen) atoms. The van der Waals surface area contributed by atoms with Gasteiger partial charge in [0.1, 0.15) is 30.2 Å². The third-order valence-electron chi connectivity index (χ3n) is 3.00. The molecule has 0 saturated heterocycles. The molecule has 0 radical (unpaired) electrons. The second-order valence-electron chi connectivity index (χ2n) is 4.46. The number of halogens is 1. The molecular formula is C12H15ClN2O5. The van der Waals surface area contributed by atoms with Crippen LogP contribution in [0.3, 0.4) is 0 Å². The fourth-order valence-electron chi connectivity index (χ4n) is 1.83. The van der Waals surface area contributed by atoms with Gasteiger partial charge in [0.05, 0.1) is 17.6 Å². The number of rotatable bonds is 5. The minimum Gasteiger partial charge on any atom is -0.394 e. The zero-order valence-corrected chi connectivity index (χ0v) is 11.1. The number of aliphatic hydroxyl groups excluding tert-OH is 5. The number of aromatic nitrogens is 2. The summed E-state index contributed by atoms with van der Waals surface area (Å²) in [7, 11) is 0. The molecule has 110 valence electrons. The Bertz CT molecular complexity index is 590. The topological polar surface area (TPSA) is 130 Å². The molecule has 0 fully saturated rings. The van der Waals surface area contributed by atoms with Crippen molar-refractivity contribution in [1.29, 1.82) is 0 Å². The number of benzene rings is 1. The van der Waals surface area contributed by atoms with Crippen LogP contribution in [-0.4, -0.2) is 60.4 Å². The Morgan fingerprint density at radius 1 is 1.15 bits per heavy atom. The quantitative estimate of drug-likeness (QED) is 0.434. The highest BCUT2D eigenvalue weighted by atomic mass is 35.5. The molecule has 0 unspecified atom stereocenters. The van der Waals surface area contributed by atoms with Gasteiger partial charge in [-0.3, -0.25) is 0 Å². The minimum atomic E-state index is -1.70. The van der Waals surface area contributed by atoms with E-state index in [1.807, 2.05) is 0 Å². The van der Waals surface area contributed by atoms with Crippen LogP contribution in [-0.2, 0) is 0 Å². The van der Waals surface area contributed by atoms with Crippen LogP contribution in [0.25, 0.3) is 11.0 Å². The summed E-state index contributed by atoms with van der Waals surface area (Å²) in [5.74, 6) is 0.0268. The molecule has 2 rings (SSSR count). The van der Waals surface area contributed by atoms with E-state index in [1.165, 1.54) is 0 Å². The largest absolute Gasteiger partial charge is 0.394 e. The summed E-state index contributed by atoms with van der Waals surface area (Å²) in [6.45, 7) is -0.735. The van der Waals surface area contributed by atoms with Gasteiger partial charge in [0.25, 0.3) is 0 Å². The summed E-state index contributed by atoms with van der Waals surface area (Å²) >= 11 is 5.82. The summed E-state index contributed by atoms with van der Waals surface area (Å²) in [4.78, 5) is 6.83. The Labute approximate surface area is 119 Å². The molecule has 1 aromatic carbocycles. The maximum atomic E-state index is 9.94. The van der Waals surface area contributed by atoms with Gasteiger partial charge in [-0.05, 0) is 18.2 Å². The molecule has 4 atom stereocenters. The average Bonchev–Trinajstić information content (AvgIpc) is 2.86. The zero-order chi connectivity index (χ0) is 14.9. The molecule has 8 heteroatoms. The first kappa shape index (κ1) is 15.2. The summed E-state index contributed by atoms with van der Waals surface area (Å²) in [5.41, 5.74) is 1.10. The number of nitrogens with zero attached hydrogens (tertiary/aromatic N) is 1. The van der Waals surface area contributed by atoms with E-state index in [-0.39, 0.29) is 5.82 Å². The first-order valence-corrected chi connectivity index (χ1v) is 6.30. The summed E-state index contributed by atoms with van der Waals surface area (Å²) in [5, 5.41) is 47.7. The van der Waals surface area contributed by atoms with E-state index in [2.05, 4.69) is 9.97 Å². The van der Waals surface area contributed by atoms with Gasteiger partial charge in [0.2, 0.25) is 0 Å². The van der Waals surface area contributed by atoms with Gasteiger partial charge < -0.3 is 30.5 Å². The zero-order valence-electron chi connectivity index (χ0n) is 10.3. The lowest BCUT2D eigenvalue weighted by Crippen LogP contribution is -2.42. The lowest BCUT2D eigenvalue weighted by molar-refractivity contribution is -0.117. The molecule has 1 aromatic heterocycles. The third-order valence-corrected chi connectivity index (χ3v) is 3.23. The van der Waals surface area contributed by atoms with Crippen molar-refractivity contribution in [2.45, 2.75) is 24.4 Å². The molecule has 2 aromatic rings. The van der Waals surface area contributed by atoms with Gasteiger partial charge in [-0.1, -0.05) is 11.6 Å². The highest BCUT2D eigenvalue weighted by Crippen LogP contribution is 2.23. The summed E-state index contributed by atoms with van der Waals surface area (Å²) in [6.07, 6.45) is -6.50. The fourth-order valence-corrected chi connectivity index (χ4v) is 2.00. The fraction of sp³-hybridized carbons (Fsp3) is 0.417. The van der Waals surface area contributed by atoms with Crippen molar-refractivity contribution in [3.8, 4) is 0 Å². The van der Waals surface area contributed by atoms with E-state index < -0.39 is 31.0 Å². The Morgan fingerprint density at radius 2 is 1.85 bits per heavy atom. The molecule has 6 N–H and O–H groups in total. The molecule has 0 bridgehead atoms. The van der Waals surface area contributed by atoms with E-state index in [1.54, 1.807) is 18.2 Å². The highest BCUT2D eigenvalue weighted by Gasteiger charge is 2.32. The standard InChI is InChI=1S/C12H15ClN2O5/c13-5-1-2-6-7(3-5)15-12(14-6)11(20)10(19)9(18)8(17)4-16/h1-3,8-11,16-20H,4H2,(H,14,15)/t8-,9-,10-,11+/m1/s1. The van der Waals surface area contributed by atoms with Gasteiger partial charge in [-0.2, -0.15) is 0 Å². The predicted molar refractivity (Wildman–Crippen MR) is 71.2 cm³/mol. The van der Waals surface area contributed by atoms with E-state index >= 15 is 0 Å². The summed E-state index contributed by atoms with van der Waals surface area (Å²) in [6, 6.07) is 4.86. The number of nitrogens with one attached hydrogen (secondary N) is 1. The van der Waals surface area contributed by atoms with Crippen molar-refractivity contribution in [3.63, 3.8) is 0 Å². The highest BCUT2D eigenvalue weighted by molar-refractivity contribution is 6.31. The lowest BCUT2D eigenvalue weighted by atomic mass is 10.0. The van der Waals surface area contributed by atoms with Crippen LogP contribution in [0.15, 0.2) is 18.2 Å². The number of aromatic amines is 1. The van der Waals surface area contributed by atoms with Crippen LogP contribution >= 0.6 is 11.6 Å². The van der Waals surface area contributed by atoms with E-state index in [0.29, 0.717) is 16.1 Å². The van der Waals surface area contributed by atoms with Crippen LogP contribution in [0.5, 0.6) is 0 Å². The molecule has 0 aliphatic rings. The smallest absolute Gasteiger partial charge is 0.140 e. The lowest BCUT2D eigenvalue weighted by Gasteiger charge is -2.24. The van der Waals surface area contributed by atoms with E-state index in [4.69, 9.17) is 16.7 Å². The third kappa shape index (κ3) is 2.93. The maximum absolute atomic E-state index is 9.94. The number of hydrogen-bond donors (Lipinski definition) is 6. The molecule has 1 heterocycles. The van der Waals surface area contributed by atoms with Crippen molar-refractivity contribution < 1.29 is 25.5 Å². The van der Waals surface area contributed by atoms with Crippen molar-refractivity contribution in [1.82, 2.24) is 9.97 Å². The van der Waals surface area contributed by atoms with Crippen LogP contribution in [0, 0.1) is 0 Å². The monoisotopic (exact) mass is 302 g/mol. The van der Waals surface area contributed by atoms with Crippen LogP contribution in [0.2, 0.25) is 5.02 Å². The number of hydrogen-bond acceptors (Lipinski definition) is 6. The van der Waals surface area contributed by atoms with Gasteiger partial charge in [-0.25, -0.2) is 4.98 Å². The molecular weight excluding hydrogens is 288 g/mol. The van der Waals surface area contributed by atoms with E-state index in [9.17, 15) is 20.4 Å². The Hall–Kier alpha value is -1.22. The molecule has 0 amide bonds. The van der Waals surface area contributed by atoms with Crippen LogP contribution in [0.4, 0.5) is 0 Å². The van der Waals surface area contributed by atoms with Crippen molar-refractivity contribution >= 4 is 22.6 Å². The van der Waals surface area contributed by atoms with Crippen molar-refractivity contribution in [3.05, 3.63) is 29.0 Å². The first-order valence-electron chi connectivity index (χ1n) is 5.92. The number of H-pyrrole nitrogens is 1. The molecule has 0 saturated carbocycles.